The minimum absolute atomic E-state index is 0.349. The molecule has 0 aliphatic carbocycles. The van der Waals surface area contributed by atoms with Crippen LogP contribution in [0.3, 0.4) is 0 Å². The van der Waals surface area contributed by atoms with Gasteiger partial charge in [0.1, 0.15) is 17.2 Å². The van der Waals surface area contributed by atoms with E-state index in [4.69, 9.17) is 37.4 Å². The van der Waals surface area contributed by atoms with Crippen molar-refractivity contribution in [3.63, 3.8) is 0 Å². The molecule has 5 nitrogen and oxygen atoms in total. The van der Waals surface area contributed by atoms with Crippen LogP contribution < -0.4 is 19.5 Å². The summed E-state index contributed by atoms with van der Waals surface area (Å²) in [6.07, 6.45) is -0.741. The number of amides is 1. The number of benzene rings is 2. The van der Waals surface area contributed by atoms with Crippen LogP contribution in [0, 0.1) is 0 Å². The highest BCUT2D eigenvalue weighted by molar-refractivity contribution is 6.32. The van der Waals surface area contributed by atoms with Crippen molar-refractivity contribution in [2.45, 2.75) is 13.0 Å². The van der Waals surface area contributed by atoms with Gasteiger partial charge < -0.3 is 19.5 Å². The Morgan fingerprint density at radius 2 is 1.79 bits per heavy atom. The average Bonchev–Trinajstić information content (AvgIpc) is 2.55. The summed E-state index contributed by atoms with van der Waals surface area (Å²) in [6.45, 7) is 1.63. The molecular weight excluding hydrogens is 353 g/mol. The van der Waals surface area contributed by atoms with Gasteiger partial charge in [-0.15, -0.1) is 0 Å². The summed E-state index contributed by atoms with van der Waals surface area (Å²) in [5, 5.41) is 3.65. The van der Waals surface area contributed by atoms with Crippen LogP contribution in [0.5, 0.6) is 17.2 Å². The van der Waals surface area contributed by atoms with Crippen molar-refractivity contribution in [2.24, 2.45) is 0 Å². The topological polar surface area (TPSA) is 56.8 Å². The van der Waals surface area contributed by atoms with Crippen molar-refractivity contribution in [3.05, 3.63) is 46.4 Å². The fourth-order valence-electron chi connectivity index (χ4n) is 1.99. The van der Waals surface area contributed by atoms with E-state index >= 15 is 0 Å². The van der Waals surface area contributed by atoms with Gasteiger partial charge in [0, 0.05) is 17.2 Å². The first-order chi connectivity index (χ1) is 11.4. The fourth-order valence-corrected chi connectivity index (χ4v) is 2.40. The highest BCUT2D eigenvalue weighted by Crippen LogP contribution is 2.36. The Labute approximate surface area is 150 Å². The van der Waals surface area contributed by atoms with Crippen LogP contribution >= 0.6 is 23.2 Å². The molecule has 1 atom stereocenters. The highest BCUT2D eigenvalue weighted by Gasteiger charge is 2.18. The Bertz CT molecular complexity index is 737. The molecule has 2 aromatic rings. The van der Waals surface area contributed by atoms with Crippen LogP contribution in [0.15, 0.2) is 36.4 Å². The summed E-state index contributed by atoms with van der Waals surface area (Å²) in [6, 6.07) is 9.99. The molecule has 0 aliphatic rings. The maximum atomic E-state index is 12.4. The van der Waals surface area contributed by atoms with Crippen LogP contribution in [0.2, 0.25) is 10.0 Å². The number of anilines is 1. The molecule has 0 saturated carbocycles. The highest BCUT2D eigenvalue weighted by atomic mass is 35.5. The Balaban J connectivity index is 2.13. The molecule has 0 fully saturated rings. The molecule has 128 valence electrons. The van der Waals surface area contributed by atoms with Gasteiger partial charge in [0.2, 0.25) is 0 Å². The number of methoxy groups -OCH3 is 2. The first-order valence-corrected chi connectivity index (χ1v) is 7.84. The Kier molecular flexibility index (Phi) is 6.17. The molecule has 0 saturated heterocycles. The summed E-state index contributed by atoms with van der Waals surface area (Å²) in [5.41, 5.74) is 0.435. The first kappa shape index (κ1) is 18.2. The van der Waals surface area contributed by atoms with E-state index in [1.807, 2.05) is 0 Å². The van der Waals surface area contributed by atoms with E-state index in [0.29, 0.717) is 33.0 Å². The van der Waals surface area contributed by atoms with Gasteiger partial charge in [-0.1, -0.05) is 29.3 Å². The third kappa shape index (κ3) is 4.46. The lowest BCUT2D eigenvalue weighted by molar-refractivity contribution is -0.122. The zero-order chi connectivity index (χ0) is 17.7. The maximum absolute atomic E-state index is 12.4. The molecule has 1 amide bonds. The maximum Gasteiger partial charge on any atom is 0.265 e. The van der Waals surface area contributed by atoms with Crippen molar-refractivity contribution in [1.29, 1.82) is 0 Å². The van der Waals surface area contributed by atoms with Crippen molar-refractivity contribution in [3.8, 4) is 17.2 Å². The third-order valence-corrected chi connectivity index (χ3v) is 3.74. The minimum atomic E-state index is -0.741. The van der Waals surface area contributed by atoms with E-state index < -0.39 is 6.10 Å². The van der Waals surface area contributed by atoms with Crippen LogP contribution in [-0.4, -0.2) is 26.2 Å². The molecular formula is C17H17Cl2NO4. The van der Waals surface area contributed by atoms with Gasteiger partial charge in [-0.05, 0) is 25.1 Å². The molecule has 0 radical (unpaired) electrons. The number of hydrogen-bond acceptors (Lipinski definition) is 4. The smallest absolute Gasteiger partial charge is 0.265 e. The number of halogens is 2. The first-order valence-electron chi connectivity index (χ1n) is 7.09. The summed E-state index contributed by atoms with van der Waals surface area (Å²) in [7, 11) is 2.98. The average molecular weight is 370 g/mol. The number of carbonyl (C=O) groups is 1. The molecule has 0 spiro atoms. The van der Waals surface area contributed by atoms with Gasteiger partial charge in [-0.2, -0.15) is 0 Å². The van der Waals surface area contributed by atoms with Crippen molar-refractivity contribution in [2.75, 3.05) is 19.5 Å². The van der Waals surface area contributed by atoms with E-state index in [1.54, 1.807) is 43.3 Å². The third-order valence-electron chi connectivity index (χ3n) is 3.21. The van der Waals surface area contributed by atoms with E-state index in [2.05, 4.69) is 5.32 Å². The zero-order valence-electron chi connectivity index (χ0n) is 13.4. The minimum Gasteiger partial charge on any atom is -0.495 e. The van der Waals surface area contributed by atoms with Gasteiger partial charge >= 0.3 is 0 Å². The van der Waals surface area contributed by atoms with Crippen molar-refractivity contribution in [1.82, 2.24) is 0 Å². The van der Waals surface area contributed by atoms with Crippen LogP contribution in [-0.2, 0) is 4.79 Å². The molecule has 7 heteroatoms. The zero-order valence-corrected chi connectivity index (χ0v) is 14.9. The lowest BCUT2D eigenvalue weighted by atomic mass is 10.2. The van der Waals surface area contributed by atoms with Gasteiger partial charge in [0.15, 0.2) is 6.10 Å². The normalized spacial score (nSPS) is 11.5. The summed E-state index contributed by atoms with van der Waals surface area (Å²) >= 11 is 11.9. The number of rotatable bonds is 6. The largest absolute Gasteiger partial charge is 0.495 e. The van der Waals surface area contributed by atoms with Gasteiger partial charge in [0.25, 0.3) is 5.91 Å². The number of nitrogens with one attached hydrogen (secondary N) is 1. The summed E-state index contributed by atoms with van der Waals surface area (Å²) in [5.74, 6) is 1.00. The molecule has 1 unspecified atom stereocenters. The second kappa shape index (κ2) is 8.13. The molecule has 2 aromatic carbocycles. The Hall–Kier alpha value is -2.11. The van der Waals surface area contributed by atoms with E-state index in [-0.39, 0.29) is 5.91 Å². The lowest BCUT2D eigenvalue weighted by Gasteiger charge is -2.17. The standard InChI is InChI=1S/C17H17Cl2NO4/c1-10(24-12-6-4-5-11(18)7-12)17(21)20-14-9-15(22-2)13(19)8-16(14)23-3/h4-10H,1-3H3,(H,20,21). The second-order valence-electron chi connectivity index (χ2n) is 4.89. The van der Waals surface area contributed by atoms with Gasteiger partial charge in [-0.25, -0.2) is 0 Å². The Morgan fingerprint density at radius 1 is 1.08 bits per heavy atom. The van der Waals surface area contributed by atoms with Crippen molar-refractivity contribution >= 4 is 34.8 Å². The number of carbonyl (C=O) groups excluding carboxylic acids is 1. The molecule has 0 aromatic heterocycles. The quantitative estimate of drug-likeness (QED) is 0.818. The molecule has 2 rings (SSSR count). The van der Waals surface area contributed by atoms with Gasteiger partial charge in [0.05, 0.1) is 24.9 Å². The molecule has 0 bridgehead atoms. The predicted molar refractivity (Wildman–Crippen MR) is 94.7 cm³/mol. The summed E-state index contributed by atoms with van der Waals surface area (Å²) in [4.78, 5) is 12.4. The second-order valence-corrected chi connectivity index (χ2v) is 5.74. The molecule has 1 N–H and O–H groups in total. The fraction of sp³-hybridized carbons (Fsp3) is 0.235. The molecule has 0 heterocycles. The van der Waals surface area contributed by atoms with E-state index in [9.17, 15) is 4.79 Å². The Morgan fingerprint density at radius 3 is 2.42 bits per heavy atom. The van der Waals surface area contributed by atoms with E-state index in [1.165, 1.54) is 14.2 Å². The van der Waals surface area contributed by atoms with Crippen LogP contribution in [0.4, 0.5) is 5.69 Å². The van der Waals surface area contributed by atoms with E-state index in [0.717, 1.165) is 0 Å². The number of ether oxygens (including phenoxy) is 3. The SMILES string of the molecule is COc1cc(NC(=O)C(C)Oc2cccc(Cl)c2)c(OC)cc1Cl. The van der Waals surface area contributed by atoms with Crippen molar-refractivity contribution < 1.29 is 19.0 Å². The summed E-state index contributed by atoms with van der Waals surface area (Å²) < 4.78 is 16.0. The monoisotopic (exact) mass is 369 g/mol. The number of hydrogen-bond donors (Lipinski definition) is 1. The lowest BCUT2D eigenvalue weighted by Crippen LogP contribution is -2.30. The van der Waals surface area contributed by atoms with Crippen LogP contribution in [0.1, 0.15) is 6.92 Å². The van der Waals surface area contributed by atoms with Crippen LogP contribution in [0.25, 0.3) is 0 Å². The molecule has 24 heavy (non-hydrogen) atoms. The molecule has 0 aliphatic heterocycles. The van der Waals surface area contributed by atoms with Gasteiger partial charge in [-0.3, -0.25) is 4.79 Å². The predicted octanol–water partition coefficient (Wildman–Crippen LogP) is 4.42.